The highest BCUT2D eigenvalue weighted by Gasteiger charge is 2.09. The number of ether oxygens (including phenoxy) is 2. The summed E-state index contributed by atoms with van der Waals surface area (Å²) in [5.74, 6) is 1.45. The summed E-state index contributed by atoms with van der Waals surface area (Å²) in [5.41, 5.74) is 1.33. The number of likely N-dealkylation sites (N-methyl/N-ethyl adjacent to an activating group) is 1. The number of methoxy groups -OCH3 is 1. The second kappa shape index (κ2) is 8.11. The van der Waals surface area contributed by atoms with E-state index in [0.717, 1.165) is 18.8 Å². The molecule has 0 fully saturated rings. The third kappa shape index (κ3) is 5.07. The number of nitrogens with one attached hydrogen (secondary N) is 1. The van der Waals surface area contributed by atoms with Gasteiger partial charge in [-0.1, -0.05) is 32.9 Å². The van der Waals surface area contributed by atoms with Crippen LogP contribution in [0.2, 0.25) is 0 Å². The minimum Gasteiger partial charge on any atom is -0.487 e. The Balaban J connectivity index is 2.56. The van der Waals surface area contributed by atoms with Crippen molar-refractivity contribution in [2.24, 2.45) is 0 Å². The van der Waals surface area contributed by atoms with Crippen LogP contribution in [0.4, 0.5) is 0 Å². The molecule has 0 heterocycles. The molecule has 1 atom stereocenters. The summed E-state index contributed by atoms with van der Waals surface area (Å²) in [5, 5.41) is 3.28. The van der Waals surface area contributed by atoms with Crippen LogP contribution in [0.1, 0.15) is 32.3 Å². The lowest BCUT2D eigenvalue weighted by Gasteiger charge is -2.19. The topological polar surface area (TPSA) is 30.5 Å². The van der Waals surface area contributed by atoms with E-state index in [-0.39, 0.29) is 6.10 Å². The SMILES string of the molecule is CCNCC(COC)Oc1ccc(C(C)C)cc1. The first kappa shape index (κ1) is 15.0. The van der Waals surface area contributed by atoms with Crippen molar-refractivity contribution in [1.29, 1.82) is 0 Å². The second-order valence-electron chi connectivity index (χ2n) is 4.73. The summed E-state index contributed by atoms with van der Waals surface area (Å²) in [6.45, 7) is 8.80. The van der Waals surface area contributed by atoms with Gasteiger partial charge in [0.2, 0.25) is 0 Å². The van der Waals surface area contributed by atoms with Crippen LogP contribution >= 0.6 is 0 Å². The van der Waals surface area contributed by atoms with Gasteiger partial charge in [-0.25, -0.2) is 0 Å². The Hall–Kier alpha value is -1.06. The molecular formula is C15H25NO2. The highest BCUT2D eigenvalue weighted by molar-refractivity contribution is 5.29. The van der Waals surface area contributed by atoms with Gasteiger partial charge in [0.15, 0.2) is 0 Å². The van der Waals surface area contributed by atoms with Gasteiger partial charge in [0.05, 0.1) is 6.61 Å². The van der Waals surface area contributed by atoms with Crippen molar-refractivity contribution in [3.05, 3.63) is 29.8 Å². The van der Waals surface area contributed by atoms with E-state index in [2.05, 4.69) is 38.2 Å². The maximum atomic E-state index is 5.90. The summed E-state index contributed by atoms with van der Waals surface area (Å²) in [6, 6.07) is 8.31. The van der Waals surface area contributed by atoms with Crippen LogP contribution in [0.5, 0.6) is 5.75 Å². The van der Waals surface area contributed by atoms with Gasteiger partial charge >= 0.3 is 0 Å². The Morgan fingerprint density at radius 2 is 1.83 bits per heavy atom. The van der Waals surface area contributed by atoms with Gasteiger partial charge in [-0.2, -0.15) is 0 Å². The lowest BCUT2D eigenvalue weighted by molar-refractivity contribution is 0.0809. The van der Waals surface area contributed by atoms with E-state index in [0.29, 0.717) is 12.5 Å². The Labute approximate surface area is 110 Å². The van der Waals surface area contributed by atoms with E-state index in [9.17, 15) is 0 Å². The van der Waals surface area contributed by atoms with Gasteiger partial charge in [-0.15, -0.1) is 0 Å². The van der Waals surface area contributed by atoms with Crippen LogP contribution < -0.4 is 10.1 Å². The fraction of sp³-hybridized carbons (Fsp3) is 0.600. The Bertz CT molecular complexity index is 322. The maximum Gasteiger partial charge on any atom is 0.134 e. The molecule has 0 aromatic heterocycles. The van der Waals surface area contributed by atoms with Crippen LogP contribution in [0.25, 0.3) is 0 Å². The average Bonchev–Trinajstić information content (AvgIpc) is 2.37. The lowest BCUT2D eigenvalue weighted by atomic mass is 10.0. The third-order valence-corrected chi connectivity index (χ3v) is 2.82. The molecule has 0 aliphatic heterocycles. The molecular weight excluding hydrogens is 226 g/mol. The lowest BCUT2D eigenvalue weighted by Crippen LogP contribution is -2.34. The van der Waals surface area contributed by atoms with Crippen molar-refractivity contribution in [3.63, 3.8) is 0 Å². The zero-order chi connectivity index (χ0) is 13.4. The van der Waals surface area contributed by atoms with Crippen molar-refractivity contribution < 1.29 is 9.47 Å². The number of hydrogen-bond acceptors (Lipinski definition) is 3. The van der Waals surface area contributed by atoms with Crippen molar-refractivity contribution in [2.45, 2.75) is 32.8 Å². The molecule has 18 heavy (non-hydrogen) atoms. The number of rotatable bonds is 8. The monoisotopic (exact) mass is 251 g/mol. The molecule has 1 unspecified atom stereocenters. The highest BCUT2D eigenvalue weighted by atomic mass is 16.5. The van der Waals surface area contributed by atoms with Gasteiger partial charge in [0, 0.05) is 13.7 Å². The predicted octanol–water partition coefficient (Wildman–Crippen LogP) is 2.81. The van der Waals surface area contributed by atoms with Crippen LogP contribution in [0, 0.1) is 0 Å². The molecule has 0 amide bonds. The van der Waals surface area contributed by atoms with Gasteiger partial charge < -0.3 is 14.8 Å². The summed E-state index contributed by atoms with van der Waals surface area (Å²) < 4.78 is 11.1. The quantitative estimate of drug-likeness (QED) is 0.770. The predicted molar refractivity (Wildman–Crippen MR) is 75.4 cm³/mol. The van der Waals surface area contributed by atoms with Crippen molar-refractivity contribution >= 4 is 0 Å². The van der Waals surface area contributed by atoms with Gasteiger partial charge in [0.25, 0.3) is 0 Å². The van der Waals surface area contributed by atoms with Crippen molar-refractivity contribution in [1.82, 2.24) is 5.32 Å². The highest BCUT2D eigenvalue weighted by Crippen LogP contribution is 2.19. The molecule has 1 rings (SSSR count). The molecule has 1 aromatic carbocycles. The molecule has 0 aliphatic carbocycles. The van der Waals surface area contributed by atoms with E-state index < -0.39 is 0 Å². The van der Waals surface area contributed by atoms with Gasteiger partial charge in [-0.05, 0) is 30.2 Å². The van der Waals surface area contributed by atoms with E-state index in [1.165, 1.54) is 5.56 Å². The van der Waals surface area contributed by atoms with Crippen LogP contribution in [0.3, 0.4) is 0 Å². The maximum absolute atomic E-state index is 5.90. The molecule has 0 saturated heterocycles. The fourth-order valence-corrected chi connectivity index (χ4v) is 1.75. The zero-order valence-corrected chi connectivity index (χ0v) is 11.9. The Morgan fingerprint density at radius 3 is 2.33 bits per heavy atom. The Morgan fingerprint density at radius 1 is 1.17 bits per heavy atom. The molecule has 0 aliphatic rings. The molecule has 0 bridgehead atoms. The molecule has 0 saturated carbocycles. The zero-order valence-electron chi connectivity index (χ0n) is 11.9. The van der Waals surface area contributed by atoms with E-state index in [4.69, 9.17) is 9.47 Å². The molecule has 3 heteroatoms. The van der Waals surface area contributed by atoms with E-state index in [1.807, 2.05) is 12.1 Å². The summed E-state index contributed by atoms with van der Waals surface area (Å²) >= 11 is 0. The first-order valence-electron chi connectivity index (χ1n) is 6.63. The van der Waals surface area contributed by atoms with Crippen LogP contribution in [-0.4, -0.2) is 32.9 Å². The van der Waals surface area contributed by atoms with Crippen molar-refractivity contribution in [2.75, 3.05) is 26.8 Å². The fourth-order valence-electron chi connectivity index (χ4n) is 1.75. The van der Waals surface area contributed by atoms with Crippen LogP contribution in [0.15, 0.2) is 24.3 Å². The van der Waals surface area contributed by atoms with Crippen LogP contribution in [-0.2, 0) is 4.74 Å². The first-order chi connectivity index (χ1) is 8.67. The number of hydrogen-bond donors (Lipinski definition) is 1. The Kier molecular flexibility index (Phi) is 6.76. The van der Waals surface area contributed by atoms with Gasteiger partial charge in [-0.3, -0.25) is 0 Å². The third-order valence-electron chi connectivity index (χ3n) is 2.82. The van der Waals surface area contributed by atoms with E-state index in [1.54, 1.807) is 7.11 Å². The molecule has 1 N–H and O–H groups in total. The standard InChI is InChI=1S/C15H25NO2/c1-5-16-10-15(11-17-4)18-14-8-6-13(7-9-14)12(2)3/h6-9,12,15-16H,5,10-11H2,1-4H3. The largest absolute Gasteiger partial charge is 0.487 e. The first-order valence-corrected chi connectivity index (χ1v) is 6.63. The molecule has 0 spiro atoms. The minimum absolute atomic E-state index is 0.0554. The second-order valence-corrected chi connectivity index (χ2v) is 4.73. The normalized spacial score (nSPS) is 12.7. The summed E-state index contributed by atoms with van der Waals surface area (Å²) in [7, 11) is 1.70. The van der Waals surface area contributed by atoms with Gasteiger partial charge in [0.1, 0.15) is 11.9 Å². The smallest absolute Gasteiger partial charge is 0.134 e. The van der Waals surface area contributed by atoms with E-state index >= 15 is 0 Å². The molecule has 1 aromatic rings. The number of benzene rings is 1. The summed E-state index contributed by atoms with van der Waals surface area (Å²) in [6.07, 6.45) is 0.0554. The molecule has 3 nitrogen and oxygen atoms in total. The average molecular weight is 251 g/mol. The van der Waals surface area contributed by atoms with Crippen molar-refractivity contribution in [3.8, 4) is 5.75 Å². The summed E-state index contributed by atoms with van der Waals surface area (Å²) in [4.78, 5) is 0. The molecule has 102 valence electrons. The minimum atomic E-state index is 0.0554. The molecule has 0 radical (unpaired) electrons.